The smallest absolute Gasteiger partial charge is 0.321 e. The Balaban J connectivity index is 1.69. The summed E-state index contributed by atoms with van der Waals surface area (Å²) in [7, 11) is 0. The van der Waals surface area contributed by atoms with Gasteiger partial charge in [0.2, 0.25) is 5.91 Å². The molecule has 0 fully saturated rings. The molecule has 3 amide bonds. The van der Waals surface area contributed by atoms with Crippen LogP contribution in [0.5, 0.6) is 0 Å². The topological polar surface area (TPSA) is 93.1 Å². The van der Waals surface area contributed by atoms with Crippen LogP contribution in [0.1, 0.15) is 0 Å². The quantitative estimate of drug-likeness (QED) is 0.237. The lowest BCUT2D eigenvalue weighted by atomic mass is 10.2. The number of urea groups is 1. The Hall–Kier alpha value is -3.69. The summed E-state index contributed by atoms with van der Waals surface area (Å²) in [5.41, 5.74) is 1.44. The van der Waals surface area contributed by atoms with Crippen molar-refractivity contribution in [2.75, 3.05) is 12.3 Å². The van der Waals surface area contributed by atoms with Gasteiger partial charge >= 0.3 is 6.03 Å². The number of thioether (sulfide) groups is 1. The maximum absolute atomic E-state index is 13.5. The standard InChI is InChI=1S/C24H20N4O3S2/c1-2-13-25-23(31)26-20(29)15-32-24-27-21-18(14-19(33-21)16-9-5-3-6-10-16)22(30)28(24)17-11-7-4-8-12-17/h2-12,14H,1,13,15H2,(H2,25,26,29,31). The Morgan fingerprint density at radius 1 is 1.09 bits per heavy atom. The van der Waals surface area contributed by atoms with Crippen molar-refractivity contribution in [2.45, 2.75) is 5.16 Å². The summed E-state index contributed by atoms with van der Waals surface area (Å²) in [6, 6.07) is 20.2. The highest BCUT2D eigenvalue weighted by atomic mass is 32.2. The predicted molar refractivity (Wildman–Crippen MR) is 133 cm³/mol. The molecule has 0 bridgehead atoms. The van der Waals surface area contributed by atoms with Gasteiger partial charge in [0.15, 0.2) is 5.16 Å². The molecule has 166 valence electrons. The molecule has 4 aromatic rings. The third-order valence-corrected chi connectivity index (χ3v) is 6.62. The Morgan fingerprint density at radius 2 is 1.79 bits per heavy atom. The van der Waals surface area contributed by atoms with Crippen molar-refractivity contribution >= 4 is 45.3 Å². The number of carbonyl (C=O) groups excluding carboxylic acids is 2. The van der Waals surface area contributed by atoms with E-state index in [1.165, 1.54) is 22.0 Å². The zero-order valence-electron chi connectivity index (χ0n) is 17.5. The van der Waals surface area contributed by atoms with E-state index in [-0.39, 0.29) is 17.9 Å². The molecule has 0 spiro atoms. The minimum atomic E-state index is -0.602. The fourth-order valence-corrected chi connectivity index (χ4v) is 5.00. The first kappa shape index (κ1) is 22.5. The molecule has 2 aromatic heterocycles. The van der Waals surface area contributed by atoms with E-state index in [1.807, 2.05) is 66.7 Å². The molecule has 0 saturated heterocycles. The van der Waals surface area contributed by atoms with Crippen LogP contribution >= 0.6 is 23.1 Å². The minimum Gasteiger partial charge on any atom is -0.334 e. The molecule has 0 aliphatic rings. The van der Waals surface area contributed by atoms with Crippen molar-refractivity contribution in [3.8, 4) is 16.1 Å². The number of nitrogens with zero attached hydrogens (tertiary/aromatic N) is 2. The lowest BCUT2D eigenvalue weighted by molar-refractivity contribution is -0.117. The highest BCUT2D eigenvalue weighted by molar-refractivity contribution is 7.99. The first-order chi connectivity index (χ1) is 16.1. The van der Waals surface area contributed by atoms with Crippen LogP contribution in [0.25, 0.3) is 26.3 Å². The van der Waals surface area contributed by atoms with E-state index in [4.69, 9.17) is 4.98 Å². The van der Waals surface area contributed by atoms with Crippen molar-refractivity contribution in [1.29, 1.82) is 0 Å². The molecule has 0 atom stereocenters. The maximum Gasteiger partial charge on any atom is 0.321 e. The van der Waals surface area contributed by atoms with E-state index >= 15 is 0 Å². The SMILES string of the molecule is C=CCNC(=O)NC(=O)CSc1nc2sc(-c3ccccc3)cc2c(=O)n1-c1ccccc1. The van der Waals surface area contributed by atoms with E-state index in [9.17, 15) is 14.4 Å². The van der Waals surface area contributed by atoms with Gasteiger partial charge in [0.1, 0.15) is 4.83 Å². The monoisotopic (exact) mass is 476 g/mol. The van der Waals surface area contributed by atoms with Crippen molar-refractivity contribution in [3.05, 3.63) is 89.7 Å². The average Bonchev–Trinajstić information content (AvgIpc) is 3.27. The van der Waals surface area contributed by atoms with Gasteiger partial charge in [-0.3, -0.25) is 19.5 Å². The summed E-state index contributed by atoms with van der Waals surface area (Å²) in [5, 5.41) is 5.63. The summed E-state index contributed by atoms with van der Waals surface area (Å²) in [6.45, 7) is 3.76. The molecule has 0 saturated carbocycles. The van der Waals surface area contributed by atoms with Crippen molar-refractivity contribution < 1.29 is 9.59 Å². The van der Waals surface area contributed by atoms with Crippen molar-refractivity contribution in [1.82, 2.24) is 20.2 Å². The van der Waals surface area contributed by atoms with E-state index in [1.54, 1.807) is 0 Å². The van der Waals surface area contributed by atoms with Gasteiger partial charge in [-0.05, 0) is 23.8 Å². The predicted octanol–water partition coefficient (Wildman–Crippen LogP) is 4.22. The molecule has 33 heavy (non-hydrogen) atoms. The summed E-state index contributed by atoms with van der Waals surface area (Å²) < 4.78 is 1.50. The Morgan fingerprint density at radius 3 is 2.48 bits per heavy atom. The van der Waals surface area contributed by atoms with Crippen LogP contribution in [0.3, 0.4) is 0 Å². The Bertz CT molecular complexity index is 1370. The van der Waals surface area contributed by atoms with Gasteiger partial charge in [0.25, 0.3) is 5.56 Å². The van der Waals surface area contributed by atoms with Crippen LogP contribution in [0.4, 0.5) is 4.79 Å². The van der Waals surface area contributed by atoms with Crippen LogP contribution in [0, 0.1) is 0 Å². The maximum atomic E-state index is 13.5. The van der Waals surface area contributed by atoms with E-state index < -0.39 is 11.9 Å². The highest BCUT2D eigenvalue weighted by Gasteiger charge is 2.18. The first-order valence-electron chi connectivity index (χ1n) is 10.1. The molecule has 0 unspecified atom stereocenters. The zero-order valence-corrected chi connectivity index (χ0v) is 19.1. The number of hydrogen-bond acceptors (Lipinski definition) is 6. The van der Waals surface area contributed by atoms with Crippen LogP contribution in [0.2, 0.25) is 0 Å². The number of benzene rings is 2. The fourth-order valence-electron chi connectivity index (χ4n) is 3.11. The van der Waals surface area contributed by atoms with Gasteiger partial charge in [-0.2, -0.15) is 0 Å². The van der Waals surface area contributed by atoms with E-state index in [0.29, 0.717) is 21.1 Å². The number of nitrogens with one attached hydrogen (secondary N) is 2. The number of carbonyl (C=O) groups is 2. The largest absolute Gasteiger partial charge is 0.334 e. The zero-order chi connectivity index (χ0) is 23.2. The van der Waals surface area contributed by atoms with Crippen molar-refractivity contribution in [3.63, 3.8) is 0 Å². The molecule has 2 heterocycles. The third kappa shape index (κ3) is 5.21. The number of para-hydroxylation sites is 1. The lowest BCUT2D eigenvalue weighted by Crippen LogP contribution is -2.40. The summed E-state index contributed by atoms with van der Waals surface area (Å²) >= 11 is 2.52. The second-order valence-electron chi connectivity index (χ2n) is 6.90. The Labute approximate surface area is 198 Å². The van der Waals surface area contributed by atoms with Gasteiger partial charge < -0.3 is 5.32 Å². The molecule has 0 aliphatic heterocycles. The molecule has 4 rings (SSSR count). The number of amides is 3. The molecular weight excluding hydrogens is 456 g/mol. The molecule has 2 aromatic carbocycles. The number of rotatable bonds is 7. The number of hydrogen-bond donors (Lipinski definition) is 2. The van der Waals surface area contributed by atoms with Crippen molar-refractivity contribution in [2.24, 2.45) is 0 Å². The van der Waals surface area contributed by atoms with Gasteiger partial charge in [0, 0.05) is 11.4 Å². The van der Waals surface area contributed by atoms with Crippen LogP contribution in [-0.4, -0.2) is 33.8 Å². The van der Waals surface area contributed by atoms with Gasteiger partial charge in [-0.15, -0.1) is 17.9 Å². The summed E-state index contributed by atoms with van der Waals surface area (Å²) in [4.78, 5) is 43.7. The molecule has 9 heteroatoms. The third-order valence-electron chi connectivity index (χ3n) is 4.60. The fraction of sp³-hybridized carbons (Fsp3) is 0.0833. The average molecular weight is 477 g/mol. The van der Waals surface area contributed by atoms with Crippen LogP contribution in [-0.2, 0) is 4.79 Å². The number of thiophene rings is 1. The van der Waals surface area contributed by atoms with Gasteiger partial charge in [-0.1, -0.05) is 66.4 Å². The minimum absolute atomic E-state index is 0.0802. The van der Waals surface area contributed by atoms with Crippen LogP contribution in [0.15, 0.2) is 89.3 Å². The number of aromatic nitrogens is 2. The highest BCUT2D eigenvalue weighted by Crippen LogP contribution is 2.32. The summed E-state index contributed by atoms with van der Waals surface area (Å²) in [5.74, 6) is -0.574. The number of imide groups is 1. The molecule has 0 radical (unpaired) electrons. The summed E-state index contributed by atoms with van der Waals surface area (Å²) in [6.07, 6.45) is 1.52. The van der Waals surface area contributed by atoms with E-state index in [2.05, 4.69) is 17.2 Å². The van der Waals surface area contributed by atoms with Crippen LogP contribution < -0.4 is 16.2 Å². The normalized spacial score (nSPS) is 10.7. The second-order valence-corrected chi connectivity index (χ2v) is 8.87. The number of fused-ring (bicyclic) bond motifs is 1. The molecule has 2 N–H and O–H groups in total. The molecular formula is C24H20N4O3S2. The second kappa shape index (κ2) is 10.3. The molecule has 7 nitrogen and oxygen atoms in total. The first-order valence-corrected chi connectivity index (χ1v) is 11.9. The van der Waals surface area contributed by atoms with Gasteiger partial charge in [0.05, 0.1) is 16.8 Å². The van der Waals surface area contributed by atoms with Gasteiger partial charge in [-0.25, -0.2) is 9.78 Å². The lowest BCUT2D eigenvalue weighted by Gasteiger charge is -2.12. The Kier molecular flexibility index (Phi) is 7.01. The van der Waals surface area contributed by atoms with E-state index in [0.717, 1.165) is 22.2 Å². The molecule has 0 aliphatic carbocycles.